The fraction of sp³-hybridized carbons (Fsp3) is 1.00. The van der Waals surface area contributed by atoms with Gasteiger partial charge in [-0.25, -0.2) is 0 Å². The summed E-state index contributed by atoms with van der Waals surface area (Å²) < 4.78 is 0. The molecule has 12 aliphatic rings. The van der Waals surface area contributed by atoms with Gasteiger partial charge in [-0.2, -0.15) is 0 Å². The predicted molar refractivity (Wildman–Crippen MR) is 71.3 cm³/mol. The zero-order valence-electron chi connectivity index (χ0n) is 11.9. The molecule has 0 amide bonds. The molecule has 0 radical (unpaired) electrons. The van der Waals surface area contributed by atoms with Crippen molar-refractivity contribution < 1.29 is 5.11 Å². The Morgan fingerprint density at radius 1 is 0.333 bits per heavy atom. The van der Waals surface area contributed by atoms with E-state index in [2.05, 4.69) is 0 Å². The molecule has 20 atom stereocenters. The maximum atomic E-state index is 12.1. The minimum atomic E-state index is -0.0991. The van der Waals surface area contributed by atoms with Gasteiger partial charge in [-0.3, -0.25) is 0 Å². The van der Waals surface area contributed by atoms with Gasteiger partial charge in [0.25, 0.3) is 0 Å². The second-order valence-electron chi connectivity index (χ2n) is 11.7. The molecule has 12 aliphatic carbocycles. The smallest absolute Gasteiger partial charge is 0.0748 e. The molecule has 12 fully saturated rings. The van der Waals surface area contributed by atoms with E-state index >= 15 is 0 Å². The van der Waals surface area contributed by atoms with Crippen molar-refractivity contribution in [3.63, 3.8) is 0 Å². The summed E-state index contributed by atoms with van der Waals surface area (Å²) in [6, 6.07) is 0. The Bertz CT molecular complexity index is 611. The molecule has 106 valence electrons. The zero-order valence-corrected chi connectivity index (χ0v) is 11.9. The first kappa shape index (κ1) is 8.71. The lowest BCUT2D eigenvalue weighted by Gasteiger charge is -2.35. The van der Waals surface area contributed by atoms with Crippen LogP contribution >= 0.6 is 0 Å². The number of aliphatic hydroxyl groups is 1. The van der Waals surface area contributed by atoms with Gasteiger partial charge in [-0.1, -0.05) is 0 Å². The van der Waals surface area contributed by atoms with Crippen LogP contribution in [0.15, 0.2) is 0 Å². The van der Waals surface area contributed by atoms with Gasteiger partial charge in [0.05, 0.1) is 5.60 Å². The fourth-order valence-corrected chi connectivity index (χ4v) is 15.4. The third-order valence-corrected chi connectivity index (χ3v) is 13.4. The molecule has 1 N–H and O–H groups in total. The molecule has 0 aromatic carbocycles. The number of hydrogen-bond acceptors (Lipinski definition) is 1. The SMILES string of the molecule is OC12C3[C@@H]4[C@@H]5C6C7C8[C@@H]5[C@@H]3[C@H]3C1[C@H]1[C@@H](C7[C@@H]5[C@@H]6[C@@H]4C2[C@@H]51)[C@H]83. The van der Waals surface area contributed by atoms with E-state index in [4.69, 9.17) is 0 Å². The summed E-state index contributed by atoms with van der Waals surface area (Å²) in [6.45, 7) is 0. The third-order valence-electron chi connectivity index (χ3n) is 13.4. The van der Waals surface area contributed by atoms with Crippen LogP contribution in [0.4, 0.5) is 0 Å². The van der Waals surface area contributed by atoms with E-state index in [-0.39, 0.29) is 5.60 Å². The van der Waals surface area contributed by atoms with Crippen molar-refractivity contribution in [2.24, 2.45) is 112 Å². The second kappa shape index (κ2) is 1.81. The molecule has 12 rings (SSSR count). The van der Waals surface area contributed by atoms with Crippen LogP contribution in [0.5, 0.6) is 0 Å². The first-order valence-corrected chi connectivity index (χ1v) is 10.1. The Morgan fingerprint density at radius 3 is 0.762 bits per heavy atom. The minimum Gasteiger partial charge on any atom is -0.389 e. The Labute approximate surface area is 123 Å². The molecule has 8 unspecified atom stereocenters. The average molecular weight is 276 g/mol. The van der Waals surface area contributed by atoms with Gasteiger partial charge in [-0.15, -0.1) is 0 Å². The van der Waals surface area contributed by atoms with Gasteiger partial charge in [0, 0.05) is 0 Å². The molecule has 0 heterocycles. The lowest BCUT2D eigenvalue weighted by atomic mass is 9.75. The minimum absolute atomic E-state index is 0.0991. The van der Waals surface area contributed by atoms with Gasteiger partial charge >= 0.3 is 0 Å². The number of hydrogen-bond donors (Lipinski definition) is 1. The van der Waals surface area contributed by atoms with Gasteiger partial charge in [0.2, 0.25) is 0 Å². The predicted octanol–water partition coefficient (Wildman–Crippen LogP) is 1.57. The summed E-state index contributed by atoms with van der Waals surface area (Å²) in [5, 5.41) is 12.1. The van der Waals surface area contributed by atoms with E-state index in [1.165, 1.54) is 23.7 Å². The summed E-state index contributed by atoms with van der Waals surface area (Å²) in [4.78, 5) is 0. The van der Waals surface area contributed by atoms with Crippen LogP contribution in [0.3, 0.4) is 0 Å². The van der Waals surface area contributed by atoms with E-state index in [1.807, 2.05) is 0 Å². The molecule has 0 aromatic rings. The van der Waals surface area contributed by atoms with E-state index in [0.29, 0.717) is 0 Å². The van der Waals surface area contributed by atoms with E-state index in [1.54, 1.807) is 0 Å². The molecule has 0 saturated heterocycles. The second-order valence-corrected chi connectivity index (χ2v) is 11.7. The van der Waals surface area contributed by atoms with E-state index in [0.717, 1.165) is 88.8 Å². The topological polar surface area (TPSA) is 20.2 Å². The van der Waals surface area contributed by atoms with Gasteiger partial charge in [0.1, 0.15) is 0 Å². The first-order chi connectivity index (χ1) is 10.4. The van der Waals surface area contributed by atoms with Gasteiger partial charge in [-0.05, 0) is 112 Å². The summed E-state index contributed by atoms with van der Waals surface area (Å²) in [6.07, 6.45) is 0. The molecule has 0 spiro atoms. The van der Waals surface area contributed by atoms with Crippen LogP contribution in [0.25, 0.3) is 0 Å². The molecular weight excluding hydrogens is 256 g/mol. The average Bonchev–Trinajstić information content (AvgIpc) is 3.10. The summed E-state index contributed by atoms with van der Waals surface area (Å²) in [5.74, 6) is 20.6. The van der Waals surface area contributed by atoms with Gasteiger partial charge in [0.15, 0.2) is 0 Å². The van der Waals surface area contributed by atoms with Crippen molar-refractivity contribution in [2.45, 2.75) is 5.60 Å². The summed E-state index contributed by atoms with van der Waals surface area (Å²) in [5.41, 5.74) is -0.0991. The summed E-state index contributed by atoms with van der Waals surface area (Å²) in [7, 11) is 0. The molecule has 1 nitrogen and oxygen atoms in total. The highest BCUT2D eigenvalue weighted by Gasteiger charge is 3.02. The van der Waals surface area contributed by atoms with Crippen molar-refractivity contribution in [3.05, 3.63) is 0 Å². The Balaban J connectivity index is 1.49. The van der Waals surface area contributed by atoms with Crippen molar-refractivity contribution in [3.8, 4) is 0 Å². The quantitative estimate of drug-likeness (QED) is 0.712. The van der Waals surface area contributed by atoms with E-state index < -0.39 is 0 Å². The molecular formula is C20H20O. The van der Waals surface area contributed by atoms with E-state index in [9.17, 15) is 5.11 Å². The molecule has 0 aliphatic heterocycles. The van der Waals surface area contributed by atoms with Crippen LogP contribution in [0.1, 0.15) is 0 Å². The van der Waals surface area contributed by atoms with Crippen LogP contribution in [-0.4, -0.2) is 10.7 Å². The maximum Gasteiger partial charge on any atom is 0.0748 e. The highest BCUT2D eigenvalue weighted by molar-refractivity contribution is 5.48. The van der Waals surface area contributed by atoms with Crippen LogP contribution < -0.4 is 0 Å². The Morgan fingerprint density at radius 2 is 0.524 bits per heavy atom. The van der Waals surface area contributed by atoms with Crippen LogP contribution in [0, 0.1) is 112 Å². The Kier molecular flexibility index (Phi) is 0.751. The summed E-state index contributed by atoms with van der Waals surface area (Å²) >= 11 is 0. The van der Waals surface area contributed by atoms with Crippen molar-refractivity contribution in [1.29, 1.82) is 0 Å². The van der Waals surface area contributed by atoms with Crippen molar-refractivity contribution in [1.82, 2.24) is 0 Å². The maximum absolute atomic E-state index is 12.1. The highest BCUT2D eigenvalue weighted by atomic mass is 16.3. The fourth-order valence-electron chi connectivity index (χ4n) is 15.4. The largest absolute Gasteiger partial charge is 0.389 e. The lowest BCUT2D eigenvalue weighted by Crippen LogP contribution is -2.42. The van der Waals surface area contributed by atoms with Gasteiger partial charge < -0.3 is 5.11 Å². The molecule has 21 heavy (non-hydrogen) atoms. The zero-order chi connectivity index (χ0) is 12.5. The normalized spacial score (nSPS) is 107. The molecule has 1 heteroatoms. The third kappa shape index (κ3) is 0.406. The molecule has 12 saturated carbocycles. The first-order valence-electron chi connectivity index (χ1n) is 10.1. The standard InChI is InChI=1S/C20H20O/c21-20-17-11-5-2-1-3-7(5)13(17)15-9(3)10-4(1)8-6(2)12(11)18(20)14(8)16(10)19(15)20/h1-19,21H/t1?,2?,3?,4?,5-,6-,7-,8+,9+,10+,11-,12+,13-,14+,15-,16-,17?,18?,19?,20?/m0/s1. The van der Waals surface area contributed by atoms with Crippen molar-refractivity contribution in [2.75, 3.05) is 0 Å². The van der Waals surface area contributed by atoms with Crippen LogP contribution in [0.2, 0.25) is 0 Å². The number of rotatable bonds is 0. The molecule has 0 aromatic heterocycles. The highest BCUT2D eigenvalue weighted by Crippen LogP contribution is 3.02. The lowest BCUT2D eigenvalue weighted by molar-refractivity contribution is -0.0552. The van der Waals surface area contributed by atoms with Crippen LogP contribution in [-0.2, 0) is 0 Å². The monoisotopic (exact) mass is 276 g/mol. The molecule has 0 bridgehead atoms. The van der Waals surface area contributed by atoms with Crippen molar-refractivity contribution >= 4 is 0 Å². The Hall–Kier alpha value is -0.0400.